The summed E-state index contributed by atoms with van der Waals surface area (Å²) in [6.45, 7) is 2.80. The minimum Gasteiger partial charge on any atom is -0.360 e. The molecule has 1 aromatic carbocycles. The van der Waals surface area contributed by atoms with Gasteiger partial charge in [0.05, 0.1) is 6.61 Å². The third-order valence-corrected chi connectivity index (χ3v) is 4.25. The lowest BCUT2D eigenvalue weighted by molar-refractivity contribution is 0.0640. The Morgan fingerprint density at radius 1 is 1.22 bits per heavy atom. The van der Waals surface area contributed by atoms with E-state index >= 15 is 0 Å². The average Bonchev–Trinajstić information content (AvgIpc) is 3.36. The molecule has 0 spiro atoms. The van der Waals surface area contributed by atoms with Gasteiger partial charge in [0, 0.05) is 17.7 Å². The summed E-state index contributed by atoms with van der Waals surface area (Å²) in [5.74, 6) is 0.636. The molecule has 0 aliphatic heterocycles. The highest BCUT2D eigenvalue weighted by atomic mass is 16.5. The molecule has 0 atom stereocenters. The van der Waals surface area contributed by atoms with E-state index in [-0.39, 0.29) is 12.3 Å². The minimum absolute atomic E-state index is 0.196. The molecule has 122 valence electrons. The standard InChI is InChI=1S/C18H22N2O3/c1-2-15-16(10-13-6-4-3-5-7-13)20(18(22)19-17(15)21)12-23-11-14-8-9-14/h3-7,14H,2,8-12H2,1H3,(H,19,21,22). The fourth-order valence-electron chi connectivity index (χ4n) is 2.74. The molecule has 1 fully saturated rings. The highest BCUT2D eigenvalue weighted by Gasteiger charge is 2.21. The molecular weight excluding hydrogens is 292 g/mol. The highest BCUT2D eigenvalue weighted by Crippen LogP contribution is 2.28. The topological polar surface area (TPSA) is 64.1 Å². The molecule has 0 bridgehead atoms. The monoisotopic (exact) mass is 314 g/mol. The number of nitrogens with one attached hydrogen (secondary N) is 1. The van der Waals surface area contributed by atoms with Gasteiger partial charge >= 0.3 is 5.69 Å². The summed E-state index contributed by atoms with van der Waals surface area (Å²) in [6, 6.07) is 9.87. The first-order valence-electron chi connectivity index (χ1n) is 8.15. The summed E-state index contributed by atoms with van der Waals surface area (Å²) in [7, 11) is 0. The maximum absolute atomic E-state index is 12.2. The van der Waals surface area contributed by atoms with Gasteiger partial charge in [0.1, 0.15) is 6.73 Å². The van der Waals surface area contributed by atoms with Crippen LogP contribution >= 0.6 is 0 Å². The Morgan fingerprint density at radius 2 is 1.96 bits per heavy atom. The molecule has 1 aliphatic carbocycles. The average molecular weight is 314 g/mol. The number of hydrogen-bond acceptors (Lipinski definition) is 3. The Labute approximate surface area is 134 Å². The Morgan fingerprint density at radius 3 is 2.61 bits per heavy atom. The predicted molar refractivity (Wildman–Crippen MR) is 88.6 cm³/mol. The van der Waals surface area contributed by atoms with E-state index in [1.165, 1.54) is 12.8 Å². The molecule has 2 aromatic rings. The molecule has 0 radical (unpaired) electrons. The van der Waals surface area contributed by atoms with Gasteiger partial charge in [-0.3, -0.25) is 14.3 Å². The molecule has 5 nitrogen and oxygen atoms in total. The number of benzene rings is 1. The van der Waals surface area contributed by atoms with Crippen LogP contribution in [0.25, 0.3) is 0 Å². The number of aromatic amines is 1. The molecule has 0 saturated heterocycles. The largest absolute Gasteiger partial charge is 0.360 e. The second-order valence-electron chi connectivity index (χ2n) is 6.07. The van der Waals surface area contributed by atoms with Crippen molar-refractivity contribution in [2.45, 2.75) is 39.3 Å². The molecule has 1 aromatic heterocycles. The van der Waals surface area contributed by atoms with Gasteiger partial charge in [0.15, 0.2) is 0 Å². The van der Waals surface area contributed by atoms with Crippen LogP contribution in [0.5, 0.6) is 0 Å². The lowest BCUT2D eigenvalue weighted by Gasteiger charge is -2.16. The third kappa shape index (κ3) is 3.79. The smallest absolute Gasteiger partial charge is 0.330 e. The van der Waals surface area contributed by atoms with Crippen LogP contribution in [-0.2, 0) is 24.3 Å². The van der Waals surface area contributed by atoms with Crippen molar-refractivity contribution in [1.29, 1.82) is 0 Å². The zero-order valence-electron chi connectivity index (χ0n) is 13.4. The number of nitrogens with zero attached hydrogens (tertiary/aromatic N) is 1. The fraction of sp³-hybridized carbons (Fsp3) is 0.444. The summed E-state index contributed by atoms with van der Waals surface area (Å²) >= 11 is 0. The van der Waals surface area contributed by atoms with Crippen LogP contribution in [0.2, 0.25) is 0 Å². The minimum atomic E-state index is -0.395. The summed E-state index contributed by atoms with van der Waals surface area (Å²) in [6.07, 6.45) is 3.55. The van der Waals surface area contributed by atoms with Crippen molar-refractivity contribution in [2.75, 3.05) is 6.61 Å². The molecule has 1 aliphatic rings. The van der Waals surface area contributed by atoms with Gasteiger partial charge in [0.25, 0.3) is 5.56 Å². The Hall–Kier alpha value is -2.14. The van der Waals surface area contributed by atoms with E-state index in [0.717, 1.165) is 11.3 Å². The number of aromatic nitrogens is 2. The summed E-state index contributed by atoms with van der Waals surface area (Å²) < 4.78 is 7.25. The molecule has 23 heavy (non-hydrogen) atoms. The van der Waals surface area contributed by atoms with Crippen molar-refractivity contribution in [1.82, 2.24) is 9.55 Å². The quantitative estimate of drug-likeness (QED) is 0.851. The van der Waals surface area contributed by atoms with Crippen molar-refractivity contribution in [3.05, 3.63) is 68.0 Å². The lowest BCUT2D eigenvalue weighted by atomic mass is 10.0. The van der Waals surface area contributed by atoms with Gasteiger partial charge in [0.2, 0.25) is 0 Å². The summed E-state index contributed by atoms with van der Waals surface area (Å²) in [5.41, 5.74) is 1.80. The van der Waals surface area contributed by atoms with Crippen LogP contribution in [0.4, 0.5) is 0 Å². The second-order valence-corrected chi connectivity index (χ2v) is 6.07. The maximum atomic E-state index is 12.2. The van der Waals surface area contributed by atoms with Crippen LogP contribution in [0, 0.1) is 5.92 Å². The normalized spacial score (nSPS) is 14.1. The third-order valence-electron chi connectivity index (χ3n) is 4.25. The summed E-state index contributed by atoms with van der Waals surface area (Å²) in [4.78, 5) is 26.8. The van der Waals surface area contributed by atoms with E-state index in [9.17, 15) is 9.59 Å². The molecular formula is C18H22N2O3. The number of rotatable bonds is 7. The van der Waals surface area contributed by atoms with Crippen LogP contribution in [0.15, 0.2) is 39.9 Å². The van der Waals surface area contributed by atoms with Crippen LogP contribution < -0.4 is 11.2 Å². The fourth-order valence-corrected chi connectivity index (χ4v) is 2.74. The van der Waals surface area contributed by atoms with E-state index in [1.807, 2.05) is 37.3 Å². The van der Waals surface area contributed by atoms with Crippen LogP contribution in [0.1, 0.15) is 36.6 Å². The maximum Gasteiger partial charge on any atom is 0.330 e. The highest BCUT2D eigenvalue weighted by molar-refractivity contribution is 5.26. The Bertz CT molecular complexity index is 773. The molecule has 0 amide bonds. The molecule has 5 heteroatoms. The van der Waals surface area contributed by atoms with Crippen molar-refractivity contribution in [2.24, 2.45) is 5.92 Å². The first kappa shape index (κ1) is 15.7. The van der Waals surface area contributed by atoms with Crippen LogP contribution in [0.3, 0.4) is 0 Å². The molecule has 0 unspecified atom stereocenters. The summed E-state index contributed by atoms with van der Waals surface area (Å²) in [5, 5.41) is 0. The number of hydrogen-bond donors (Lipinski definition) is 1. The predicted octanol–water partition coefficient (Wildman–Crippen LogP) is 2.07. The number of ether oxygens (including phenoxy) is 1. The van der Waals surface area contributed by atoms with Crippen molar-refractivity contribution in [3.8, 4) is 0 Å². The van der Waals surface area contributed by atoms with Crippen molar-refractivity contribution in [3.63, 3.8) is 0 Å². The molecule has 1 heterocycles. The van der Waals surface area contributed by atoms with E-state index in [1.54, 1.807) is 4.57 Å². The van der Waals surface area contributed by atoms with Crippen molar-refractivity contribution < 1.29 is 4.74 Å². The lowest BCUT2D eigenvalue weighted by Crippen LogP contribution is -2.36. The van der Waals surface area contributed by atoms with E-state index in [0.29, 0.717) is 30.9 Å². The first-order chi connectivity index (χ1) is 11.2. The molecule has 1 saturated carbocycles. The zero-order chi connectivity index (χ0) is 16.2. The van der Waals surface area contributed by atoms with E-state index in [4.69, 9.17) is 4.74 Å². The van der Waals surface area contributed by atoms with Gasteiger partial charge in [-0.2, -0.15) is 0 Å². The first-order valence-corrected chi connectivity index (χ1v) is 8.15. The van der Waals surface area contributed by atoms with Gasteiger partial charge in [-0.15, -0.1) is 0 Å². The molecule has 1 N–H and O–H groups in total. The number of H-pyrrole nitrogens is 1. The SMILES string of the molecule is CCc1c(Cc2ccccc2)n(COCC2CC2)c(=O)[nH]c1=O. The Kier molecular flexibility index (Phi) is 4.76. The van der Waals surface area contributed by atoms with E-state index < -0.39 is 5.69 Å². The Balaban J connectivity index is 1.94. The van der Waals surface area contributed by atoms with Crippen LogP contribution in [-0.4, -0.2) is 16.2 Å². The molecule has 3 rings (SSSR count). The zero-order valence-corrected chi connectivity index (χ0v) is 13.4. The van der Waals surface area contributed by atoms with Gasteiger partial charge in [-0.1, -0.05) is 37.3 Å². The van der Waals surface area contributed by atoms with E-state index in [2.05, 4.69) is 4.98 Å². The van der Waals surface area contributed by atoms with Gasteiger partial charge < -0.3 is 4.74 Å². The van der Waals surface area contributed by atoms with Gasteiger partial charge in [-0.25, -0.2) is 4.79 Å². The van der Waals surface area contributed by atoms with Gasteiger partial charge in [-0.05, 0) is 30.7 Å². The van der Waals surface area contributed by atoms with Crippen molar-refractivity contribution >= 4 is 0 Å². The second kappa shape index (κ2) is 6.96.